The highest BCUT2D eigenvalue weighted by Gasteiger charge is 2.20. The summed E-state index contributed by atoms with van der Waals surface area (Å²) in [4.78, 5) is 2.47. The van der Waals surface area contributed by atoms with Crippen LogP contribution in [0.1, 0.15) is 30.9 Å². The van der Waals surface area contributed by atoms with E-state index in [0.29, 0.717) is 6.10 Å². The van der Waals surface area contributed by atoms with Crippen LogP contribution in [0.5, 0.6) is 0 Å². The van der Waals surface area contributed by atoms with E-state index in [1.807, 2.05) is 0 Å². The number of halogens is 1. The molecular formula is C16H23BrN2O. The van der Waals surface area contributed by atoms with Gasteiger partial charge in [0.25, 0.3) is 0 Å². The van der Waals surface area contributed by atoms with Crippen molar-refractivity contribution >= 4 is 15.9 Å². The molecule has 3 nitrogen and oxygen atoms in total. The fourth-order valence-corrected chi connectivity index (χ4v) is 3.21. The first-order valence-corrected chi connectivity index (χ1v) is 8.34. The summed E-state index contributed by atoms with van der Waals surface area (Å²) in [7, 11) is 0. The van der Waals surface area contributed by atoms with Crippen LogP contribution in [0.15, 0.2) is 22.7 Å². The SMILES string of the molecule is CC1CN(Cc2ccc(CNC3CC3)cc2Br)CCO1. The van der Waals surface area contributed by atoms with Crippen molar-refractivity contribution in [2.45, 2.75) is 45.0 Å². The molecule has 2 fully saturated rings. The van der Waals surface area contributed by atoms with Gasteiger partial charge < -0.3 is 10.1 Å². The minimum atomic E-state index is 0.351. The molecule has 3 rings (SSSR count). The maximum atomic E-state index is 5.59. The lowest BCUT2D eigenvalue weighted by molar-refractivity contribution is -0.0212. The highest BCUT2D eigenvalue weighted by atomic mass is 79.9. The number of nitrogens with one attached hydrogen (secondary N) is 1. The van der Waals surface area contributed by atoms with Crippen LogP contribution in [-0.2, 0) is 17.8 Å². The first kappa shape index (κ1) is 14.5. The number of hydrogen-bond donors (Lipinski definition) is 1. The first-order valence-electron chi connectivity index (χ1n) is 7.55. The molecule has 1 aromatic carbocycles. The van der Waals surface area contributed by atoms with Gasteiger partial charge in [-0.3, -0.25) is 4.90 Å². The normalized spacial score (nSPS) is 24.0. The molecule has 4 heteroatoms. The monoisotopic (exact) mass is 338 g/mol. The van der Waals surface area contributed by atoms with Gasteiger partial charge in [0.05, 0.1) is 12.7 Å². The third kappa shape index (κ3) is 4.04. The van der Waals surface area contributed by atoms with Gasteiger partial charge in [0.1, 0.15) is 0 Å². The second kappa shape index (κ2) is 6.56. The van der Waals surface area contributed by atoms with Gasteiger partial charge in [0, 0.05) is 36.7 Å². The Labute approximate surface area is 129 Å². The first-order chi connectivity index (χ1) is 9.70. The Morgan fingerprint density at radius 2 is 2.25 bits per heavy atom. The maximum Gasteiger partial charge on any atom is 0.0674 e. The summed E-state index contributed by atoms with van der Waals surface area (Å²) in [5.41, 5.74) is 2.73. The predicted molar refractivity (Wildman–Crippen MR) is 84.7 cm³/mol. The Kier molecular flexibility index (Phi) is 4.76. The Morgan fingerprint density at radius 1 is 1.40 bits per heavy atom. The quantitative estimate of drug-likeness (QED) is 0.893. The molecule has 0 spiro atoms. The average molecular weight is 339 g/mol. The van der Waals surface area contributed by atoms with Gasteiger partial charge in [0.2, 0.25) is 0 Å². The Balaban J connectivity index is 1.58. The van der Waals surface area contributed by atoms with Crippen LogP contribution in [0, 0.1) is 0 Å². The van der Waals surface area contributed by atoms with Gasteiger partial charge in [-0.25, -0.2) is 0 Å². The van der Waals surface area contributed by atoms with Gasteiger partial charge in [0.15, 0.2) is 0 Å². The summed E-state index contributed by atoms with van der Waals surface area (Å²) in [5, 5.41) is 3.56. The van der Waals surface area contributed by atoms with Crippen molar-refractivity contribution in [3.63, 3.8) is 0 Å². The molecule has 20 heavy (non-hydrogen) atoms. The molecule has 0 aromatic heterocycles. The summed E-state index contributed by atoms with van der Waals surface area (Å²) in [5.74, 6) is 0. The second-order valence-corrected chi connectivity index (χ2v) is 6.85. The molecule has 1 aromatic rings. The van der Waals surface area contributed by atoms with Crippen LogP contribution in [0.3, 0.4) is 0 Å². The lowest BCUT2D eigenvalue weighted by Gasteiger charge is -2.31. The molecule has 0 radical (unpaired) electrons. The van der Waals surface area contributed by atoms with Gasteiger partial charge in [-0.05, 0) is 37.0 Å². The van der Waals surface area contributed by atoms with Crippen LogP contribution < -0.4 is 5.32 Å². The molecule has 0 bridgehead atoms. The zero-order chi connectivity index (χ0) is 13.9. The number of ether oxygens (including phenoxy) is 1. The average Bonchev–Trinajstić information content (AvgIpc) is 3.23. The standard InChI is InChI=1S/C16H23BrN2O/c1-12-10-19(6-7-20-12)11-14-3-2-13(8-16(14)17)9-18-15-4-5-15/h2-3,8,12,15,18H,4-7,9-11H2,1H3. The molecule has 1 saturated carbocycles. The van der Waals surface area contributed by atoms with E-state index in [1.165, 1.54) is 28.4 Å². The van der Waals surface area contributed by atoms with E-state index in [1.54, 1.807) is 0 Å². The summed E-state index contributed by atoms with van der Waals surface area (Å²) in [6.07, 6.45) is 3.03. The van der Waals surface area contributed by atoms with E-state index in [4.69, 9.17) is 4.74 Å². The van der Waals surface area contributed by atoms with Gasteiger partial charge in [-0.2, -0.15) is 0 Å². The third-order valence-corrected chi connectivity index (χ3v) is 4.75. The van der Waals surface area contributed by atoms with Crippen LogP contribution in [0.4, 0.5) is 0 Å². The van der Waals surface area contributed by atoms with E-state index in [9.17, 15) is 0 Å². The summed E-state index contributed by atoms with van der Waals surface area (Å²) >= 11 is 3.73. The molecule has 0 amide bonds. The van der Waals surface area contributed by atoms with Crippen LogP contribution in [0.2, 0.25) is 0 Å². The number of hydrogen-bond acceptors (Lipinski definition) is 3. The number of benzene rings is 1. The van der Waals surface area contributed by atoms with Gasteiger partial charge in [-0.15, -0.1) is 0 Å². The maximum absolute atomic E-state index is 5.59. The molecular weight excluding hydrogens is 316 g/mol. The fourth-order valence-electron chi connectivity index (χ4n) is 2.65. The van der Waals surface area contributed by atoms with Crippen molar-refractivity contribution in [3.05, 3.63) is 33.8 Å². The molecule has 1 heterocycles. The third-order valence-electron chi connectivity index (χ3n) is 4.01. The molecule has 2 aliphatic rings. The van der Waals surface area contributed by atoms with Gasteiger partial charge >= 0.3 is 0 Å². The largest absolute Gasteiger partial charge is 0.376 e. The van der Waals surface area contributed by atoms with Crippen molar-refractivity contribution < 1.29 is 4.74 Å². The van der Waals surface area contributed by atoms with Gasteiger partial charge in [-0.1, -0.05) is 28.1 Å². The van der Waals surface area contributed by atoms with Crippen molar-refractivity contribution in [1.82, 2.24) is 10.2 Å². The second-order valence-electron chi connectivity index (χ2n) is 6.00. The molecule has 1 aliphatic carbocycles. The van der Waals surface area contributed by atoms with Crippen LogP contribution in [0.25, 0.3) is 0 Å². The molecule has 1 atom stereocenters. The number of morpholine rings is 1. The number of nitrogens with zero attached hydrogens (tertiary/aromatic N) is 1. The minimum absolute atomic E-state index is 0.351. The Morgan fingerprint density at radius 3 is 2.95 bits per heavy atom. The van der Waals surface area contributed by atoms with Crippen molar-refractivity contribution in [2.75, 3.05) is 19.7 Å². The Bertz CT molecular complexity index is 462. The molecule has 1 unspecified atom stereocenters. The fraction of sp³-hybridized carbons (Fsp3) is 0.625. The van der Waals surface area contributed by atoms with Crippen molar-refractivity contribution in [1.29, 1.82) is 0 Å². The molecule has 110 valence electrons. The summed E-state index contributed by atoms with van der Waals surface area (Å²) in [6.45, 7) is 7.04. The lowest BCUT2D eigenvalue weighted by Crippen LogP contribution is -2.40. The smallest absolute Gasteiger partial charge is 0.0674 e. The van der Waals surface area contributed by atoms with E-state index >= 15 is 0 Å². The zero-order valence-corrected chi connectivity index (χ0v) is 13.7. The van der Waals surface area contributed by atoms with Crippen molar-refractivity contribution in [2.24, 2.45) is 0 Å². The molecule has 1 N–H and O–H groups in total. The van der Waals surface area contributed by atoms with E-state index in [0.717, 1.165) is 38.8 Å². The highest BCUT2D eigenvalue weighted by Crippen LogP contribution is 2.23. The van der Waals surface area contributed by atoms with E-state index in [-0.39, 0.29) is 0 Å². The topological polar surface area (TPSA) is 24.5 Å². The number of rotatable bonds is 5. The van der Waals surface area contributed by atoms with E-state index < -0.39 is 0 Å². The predicted octanol–water partition coefficient (Wildman–Crippen LogP) is 2.92. The Hall–Kier alpha value is -0.420. The highest BCUT2D eigenvalue weighted by molar-refractivity contribution is 9.10. The van der Waals surface area contributed by atoms with Crippen LogP contribution >= 0.6 is 15.9 Å². The molecule has 1 saturated heterocycles. The zero-order valence-electron chi connectivity index (χ0n) is 12.1. The summed E-state index contributed by atoms with van der Waals surface area (Å²) in [6, 6.07) is 7.53. The van der Waals surface area contributed by atoms with Crippen LogP contribution in [-0.4, -0.2) is 36.7 Å². The lowest BCUT2D eigenvalue weighted by atomic mass is 10.1. The summed E-state index contributed by atoms with van der Waals surface area (Å²) < 4.78 is 6.82. The van der Waals surface area contributed by atoms with E-state index in [2.05, 4.69) is 51.3 Å². The molecule has 1 aliphatic heterocycles. The minimum Gasteiger partial charge on any atom is -0.376 e. The van der Waals surface area contributed by atoms with Crippen molar-refractivity contribution in [3.8, 4) is 0 Å².